The first-order chi connectivity index (χ1) is 7.74. The summed E-state index contributed by atoms with van der Waals surface area (Å²) in [5, 5.41) is 11.6. The molecule has 1 aliphatic heterocycles. The Bertz CT molecular complexity index is 547. The predicted molar refractivity (Wildman–Crippen MR) is 65.3 cm³/mol. The Hall–Kier alpha value is -1.68. The average Bonchev–Trinajstić information content (AvgIpc) is 2.51. The van der Waals surface area contributed by atoms with Crippen molar-refractivity contribution in [3.05, 3.63) is 35.0 Å². The summed E-state index contributed by atoms with van der Waals surface area (Å²) in [6, 6.07) is 5.76. The van der Waals surface area contributed by atoms with Crippen molar-refractivity contribution in [2.24, 2.45) is 7.05 Å². The summed E-state index contributed by atoms with van der Waals surface area (Å²) in [4.78, 5) is 0. The van der Waals surface area contributed by atoms with E-state index in [4.69, 9.17) is 11.6 Å². The number of nitrogens with one attached hydrogen (secondary N) is 2. The lowest BCUT2D eigenvalue weighted by molar-refractivity contribution is 0.776. The molecule has 4 nitrogen and oxygen atoms in total. The molecule has 0 amide bonds. The Balaban J connectivity index is 2.10. The van der Waals surface area contributed by atoms with Gasteiger partial charge in [0.25, 0.3) is 0 Å². The highest BCUT2D eigenvalue weighted by Gasteiger charge is 2.15. The molecule has 82 valence electrons. The maximum Gasteiger partial charge on any atom is 0.133 e. The fourth-order valence-electron chi connectivity index (χ4n) is 1.86. The molecule has 1 aromatic carbocycles. The average molecular weight is 235 g/mol. The highest BCUT2D eigenvalue weighted by Crippen LogP contribution is 2.33. The number of hydrogen-bond donors (Lipinski definition) is 2. The van der Waals surface area contributed by atoms with E-state index in [0.717, 1.165) is 34.3 Å². The van der Waals surface area contributed by atoms with Gasteiger partial charge in [0.1, 0.15) is 5.82 Å². The third-order valence-corrected chi connectivity index (χ3v) is 2.95. The van der Waals surface area contributed by atoms with Gasteiger partial charge in [-0.15, -0.1) is 0 Å². The highest BCUT2D eigenvalue weighted by molar-refractivity contribution is 6.31. The lowest BCUT2D eigenvalue weighted by atomic mass is 10.2. The van der Waals surface area contributed by atoms with Crippen LogP contribution in [0.1, 0.15) is 5.56 Å². The van der Waals surface area contributed by atoms with E-state index in [2.05, 4.69) is 15.7 Å². The summed E-state index contributed by atoms with van der Waals surface area (Å²) >= 11 is 5.96. The number of anilines is 3. The Kier molecular flexibility index (Phi) is 2.04. The van der Waals surface area contributed by atoms with Crippen molar-refractivity contribution in [2.45, 2.75) is 6.54 Å². The zero-order valence-electron chi connectivity index (χ0n) is 8.79. The molecule has 1 aromatic heterocycles. The monoisotopic (exact) mass is 234 g/mol. The van der Waals surface area contributed by atoms with Crippen molar-refractivity contribution in [3.8, 4) is 0 Å². The summed E-state index contributed by atoms with van der Waals surface area (Å²) in [6.45, 7) is 0.753. The maximum absolute atomic E-state index is 5.96. The van der Waals surface area contributed by atoms with E-state index in [1.54, 1.807) is 0 Å². The molecular formula is C11H11ClN4. The molecule has 0 unspecified atom stereocenters. The number of aryl methyl sites for hydroxylation is 1. The molecular weight excluding hydrogens is 224 g/mol. The highest BCUT2D eigenvalue weighted by atomic mass is 35.5. The van der Waals surface area contributed by atoms with Crippen molar-refractivity contribution in [1.82, 2.24) is 9.78 Å². The summed E-state index contributed by atoms with van der Waals surface area (Å²) in [5.41, 5.74) is 3.19. The van der Waals surface area contributed by atoms with Gasteiger partial charge in [-0.1, -0.05) is 11.6 Å². The third kappa shape index (κ3) is 1.42. The van der Waals surface area contributed by atoms with Gasteiger partial charge in [-0.05, 0) is 18.2 Å². The molecule has 5 heteroatoms. The van der Waals surface area contributed by atoms with Gasteiger partial charge in [0, 0.05) is 24.2 Å². The summed E-state index contributed by atoms with van der Waals surface area (Å²) < 4.78 is 1.83. The molecule has 0 saturated carbocycles. The fraction of sp³-hybridized carbons (Fsp3) is 0.182. The SMILES string of the molecule is Cn1ncc2c1Nc1ccc(Cl)cc1NC2. The van der Waals surface area contributed by atoms with Crippen LogP contribution in [0.5, 0.6) is 0 Å². The van der Waals surface area contributed by atoms with Gasteiger partial charge in [0.15, 0.2) is 0 Å². The van der Waals surface area contributed by atoms with Crippen LogP contribution in [0.4, 0.5) is 17.2 Å². The Labute approximate surface area is 98.2 Å². The number of halogens is 1. The van der Waals surface area contributed by atoms with Crippen LogP contribution >= 0.6 is 11.6 Å². The third-order valence-electron chi connectivity index (χ3n) is 2.72. The van der Waals surface area contributed by atoms with E-state index in [-0.39, 0.29) is 0 Å². The standard InChI is InChI=1S/C11H11ClN4/c1-16-11-7(6-14-16)5-13-10-4-8(12)2-3-9(10)15-11/h2-4,6,13,15H,5H2,1H3. The van der Waals surface area contributed by atoms with Crippen molar-refractivity contribution >= 4 is 28.8 Å². The molecule has 1 aliphatic rings. The largest absolute Gasteiger partial charge is 0.379 e. The molecule has 0 bridgehead atoms. The zero-order chi connectivity index (χ0) is 11.1. The van der Waals surface area contributed by atoms with Crippen molar-refractivity contribution in [2.75, 3.05) is 10.6 Å². The quantitative estimate of drug-likeness (QED) is 0.737. The molecule has 0 spiro atoms. The van der Waals surface area contributed by atoms with Gasteiger partial charge in [-0.25, -0.2) is 0 Å². The van der Waals surface area contributed by atoms with Crippen LogP contribution in [-0.2, 0) is 13.6 Å². The van der Waals surface area contributed by atoms with Crippen molar-refractivity contribution in [3.63, 3.8) is 0 Å². The fourth-order valence-corrected chi connectivity index (χ4v) is 2.04. The number of nitrogens with zero attached hydrogens (tertiary/aromatic N) is 2. The van der Waals surface area contributed by atoms with Gasteiger partial charge in [0.05, 0.1) is 17.6 Å². The molecule has 0 radical (unpaired) electrons. The van der Waals surface area contributed by atoms with Crippen LogP contribution in [0.2, 0.25) is 5.02 Å². The topological polar surface area (TPSA) is 41.9 Å². The van der Waals surface area contributed by atoms with Crippen LogP contribution < -0.4 is 10.6 Å². The molecule has 0 fully saturated rings. The second-order valence-electron chi connectivity index (χ2n) is 3.81. The number of aromatic nitrogens is 2. The normalized spacial score (nSPS) is 13.1. The number of fused-ring (bicyclic) bond motifs is 2. The first-order valence-electron chi connectivity index (χ1n) is 5.05. The van der Waals surface area contributed by atoms with E-state index in [1.807, 2.05) is 36.1 Å². The van der Waals surface area contributed by atoms with Crippen molar-refractivity contribution < 1.29 is 0 Å². The van der Waals surface area contributed by atoms with Crippen LogP contribution in [-0.4, -0.2) is 9.78 Å². The minimum absolute atomic E-state index is 0.733. The number of rotatable bonds is 0. The lowest BCUT2D eigenvalue weighted by Gasteiger charge is -2.09. The molecule has 3 rings (SSSR count). The van der Waals surface area contributed by atoms with E-state index in [0.29, 0.717) is 0 Å². The van der Waals surface area contributed by atoms with Crippen LogP contribution in [0.25, 0.3) is 0 Å². The van der Waals surface area contributed by atoms with Gasteiger partial charge >= 0.3 is 0 Å². The van der Waals surface area contributed by atoms with Gasteiger partial charge in [-0.3, -0.25) is 4.68 Å². The van der Waals surface area contributed by atoms with E-state index < -0.39 is 0 Å². The molecule has 0 saturated heterocycles. The molecule has 2 N–H and O–H groups in total. The molecule has 2 heterocycles. The first kappa shape index (κ1) is 9.54. The summed E-state index contributed by atoms with van der Waals surface area (Å²) in [5.74, 6) is 1.02. The smallest absolute Gasteiger partial charge is 0.133 e. The maximum atomic E-state index is 5.96. The second kappa shape index (κ2) is 3.42. The van der Waals surface area contributed by atoms with E-state index in [1.165, 1.54) is 0 Å². The Morgan fingerprint density at radius 1 is 1.38 bits per heavy atom. The molecule has 0 aliphatic carbocycles. The number of benzene rings is 1. The summed E-state index contributed by atoms with van der Waals surface area (Å²) in [7, 11) is 1.92. The van der Waals surface area contributed by atoms with Crippen LogP contribution in [0.15, 0.2) is 24.4 Å². The number of hydrogen-bond acceptors (Lipinski definition) is 3. The molecule has 0 atom stereocenters. The first-order valence-corrected chi connectivity index (χ1v) is 5.43. The minimum Gasteiger partial charge on any atom is -0.379 e. The predicted octanol–water partition coefficient (Wildman–Crippen LogP) is 2.74. The van der Waals surface area contributed by atoms with E-state index >= 15 is 0 Å². The van der Waals surface area contributed by atoms with Crippen LogP contribution in [0, 0.1) is 0 Å². The minimum atomic E-state index is 0.733. The van der Waals surface area contributed by atoms with Gasteiger partial charge in [-0.2, -0.15) is 5.10 Å². The zero-order valence-corrected chi connectivity index (χ0v) is 9.54. The second-order valence-corrected chi connectivity index (χ2v) is 4.25. The summed E-state index contributed by atoms with van der Waals surface area (Å²) in [6.07, 6.45) is 1.86. The van der Waals surface area contributed by atoms with Crippen molar-refractivity contribution in [1.29, 1.82) is 0 Å². The molecule has 2 aromatic rings. The lowest BCUT2D eigenvalue weighted by Crippen LogP contribution is -1.99. The molecule has 16 heavy (non-hydrogen) atoms. The Morgan fingerprint density at radius 2 is 2.25 bits per heavy atom. The van der Waals surface area contributed by atoms with Gasteiger partial charge in [0.2, 0.25) is 0 Å². The van der Waals surface area contributed by atoms with Crippen LogP contribution in [0.3, 0.4) is 0 Å². The Morgan fingerprint density at radius 3 is 3.12 bits per heavy atom. The van der Waals surface area contributed by atoms with E-state index in [9.17, 15) is 0 Å². The van der Waals surface area contributed by atoms with Gasteiger partial charge < -0.3 is 10.6 Å².